The molecule has 0 atom stereocenters. The molecule has 1 heterocycles. The highest BCUT2D eigenvalue weighted by atomic mass is 16.5. The molecule has 0 bridgehead atoms. The molecule has 0 aliphatic rings. The zero-order valence-electron chi connectivity index (χ0n) is 12.1. The number of hydrogen-bond donors (Lipinski definition) is 2. The second kappa shape index (κ2) is 6.74. The molecule has 0 saturated carbocycles. The molecule has 1 amide bonds. The molecule has 2 aromatic rings. The Bertz CT molecular complexity index is 675. The normalized spacial score (nSPS) is 10.2. The van der Waals surface area contributed by atoms with Gasteiger partial charge in [-0.3, -0.25) is 9.59 Å². The number of benzene rings is 1. The number of rotatable bonds is 5. The van der Waals surface area contributed by atoms with E-state index in [1.165, 1.54) is 6.20 Å². The van der Waals surface area contributed by atoms with E-state index in [4.69, 9.17) is 4.74 Å². The van der Waals surface area contributed by atoms with Gasteiger partial charge in [0.15, 0.2) is 0 Å². The Hall–Kier alpha value is -2.56. The predicted octanol–water partition coefficient (Wildman–Crippen LogP) is 1.66. The molecule has 110 valence electrons. The summed E-state index contributed by atoms with van der Waals surface area (Å²) in [4.78, 5) is 26.2. The Morgan fingerprint density at radius 1 is 1.24 bits per heavy atom. The van der Waals surface area contributed by atoms with Crippen LogP contribution < -0.4 is 15.6 Å². The first kappa shape index (κ1) is 14.8. The van der Waals surface area contributed by atoms with Gasteiger partial charge in [0.25, 0.3) is 11.5 Å². The number of carbonyl (C=O) groups is 1. The van der Waals surface area contributed by atoms with Crippen LogP contribution in [0.1, 0.15) is 21.5 Å². The molecule has 2 rings (SSSR count). The van der Waals surface area contributed by atoms with Crippen LogP contribution in [-0.4, -0.2) is 24.5 Å². The lowest BCUT2D eigenvalue weighted by Gasteiger charge is -2.07. The molecule has 0 unspecified atom stereocenters. The zero-order valence-corrected chi connectivity index (χ0v) is 12.1. The molecule has 0 saturated heterocycles. The standard InChI is InChI=1S/C16H18N2O3/c1-11-7-9-17-15(19)14(11)16(20)18-10-8-12-3-5-13(21-2)6-4-12/h3-7,9H,8,10H2,1-2H3,(H,17,19)(H,18,20). The van der Waals surface area contributed by atoms with Crippen LogP contribution in [0.5, 0.6) is 5.75 Å². The van der Waals surface area contributed by atoms with Gasteiger partial charge < -0.3 is 15.0 Å². The van der Waals surface area contributed by atoms with E-state index in [1.807, 2.05) is 24.3 Å². The number of pyridine rings is 1. The number of hydrogen-bond acceptors (Lipinski definition) is 3. The van der Waals surface area contributed by atoms with Gasteiger partial charge in [0.2, 0.25) is 0 Å². The second-order valence-electron chi connectivity index (χ2n) is 4.72. The lowest BCUT2D eigenvalue weighted by molar-refractivity contribution is 0.0952. The van der Waals surface area contributed by atoms with Crippen LogP contribution in [-0.2, 0) is 6.42 Å². The van der Waals surface area contributed by atoms with Crippen LogP contribution in [0.25, 0.3) is 0 Å². The smallest absolute Gasteiger partial charge is 0.261 e. The largest absolute Gasteiger partial charge is 0.497 e. The molecule has 2 N–H and O–H groups in total. The molecular formula is C16H18N2O3. The monoisotopic (exact) mass is 286 g/mol. The lowest BCUT2D eigenvalue weighted by Crippen LogP contribution is -2.31. The average molecular weight is 286 g/mol. The number of amides is 1. The van der Waals surface area contributed by atoms with E-state index >= 15 is 0 Å². The summed E-state index contributed by atoms with van der Waals surface area (Å²) in [5, 5.41) is 2.77. The van der Waals surface area contributed by atoms with Crippen LogP contribution in [0.15, 0.2) is 41.3 Å². The minimum atomic E-state index is -0.364. The SMILES string of the molecule is COc1ccc(CCNC(=O)c2c(C)cc[nH]c2=O)cc1. The third-order valence-electron chi connectivity index (χ3n) is 3.25. The molecule has 5 heteroatoms. The van der Waals surface area contributed by atoms with Crippen molar-refractivity contribution in [2.45, 2.75) is 13.3 Å². The predicted molar refractivity (Wildman–Crippen MR) is 80.8 cm³/mol. The van der Waals surface area contributed by atoms with Crippen LogP contribution in [0.2, 0.25) is 0 Å². The van der Waals surface area contributed by atoms with Crippen molar-refractivity contribution >= 4 is 5.91 Å². The van der Waals surface area contributed by atoms with Crippen molar-refractivity contribution in [3.8, 4) is 5.75 Å². The van der Waals surface area contributed by atoms with E-state index in [1.54, 1.807) is 20.1 Å². The molecule has 21 heavy (non-hydrogen) atoms. The number of methoxy groups -OCH3 is 1. The summed E-state index contributed by atoms with van der Waals surface area (Å²) in [6.07, 6.45) is 2.23. The summed E-state index contributed by atoms with van der Waals surface area (Å²) < 4.78 is 5.09. The van der Waals surface area contributed by atoms with Gasteiger partial charge in [0.05, 0.1) is 7.11 Å². The Labute approximate surface area is 123 Å². The third kappa shape index (κ3) is 3.72. The summed E-state index contributed by atoms with van der Waals surface area (Å²) in [7, 11) is 1.62. The zero-order chi connectivity index (χ0) is 15.2. The molecule has 0 aliphatic carbocycles. The van der Waals surface area contributed by atoms with Crippen molar-refractivity contribution in [3.63, 3.8) is 0 Å². The first-order valence-corrected chi connectivity index (χ1v) is 6.71. The van der Waals surface area contributed by atoms with E-state index < -0.39 is 0 Å². The maximum atomic E-state index is 12.0. The molecular weight excluding hydrogens is 268 g/mol. The molecule has 1 aromatic heterocycles. The number of carbonyl (C=O) groups excluding carboxylic acids is 1. The van der Waals surface area contributed by atoms with Crippen molar-refractivity contribution in [1.82, 2.24) is 10.3 Å². The van der Waals surface area contributed by atoms with Gasteiger partial charge in [-0.15, -0.1) is 0 Å². The summed E-state index contributed by atoms with van der Waals surface area (Å²) in [6, 6.07) is 9.36. The maximum absolute atomic E-state index is 12.0. The first-order chi connectivity index (χ1) is 10.1. The lowest BCUT2D eigenvalue weighted by atomic mass is 10.1. The number of aromatic amines is 1. The van der Waals surface area contributed by atoms with E-state index in [0.29, 0.717) is 18.5 Å². The highest BCUT2D eigenvalue weighted by molar-refractivity contribution is 5.95. The molecule has 1 aromatic carbocycles. The number of aryl methyl sites for hydroxylation is 1. The van der Waals surface area contributed by atoms with Crippen molar-refractivity contribution in [1.29, 1.82) is 0 Å². The third-order valence-corrected chi connectivity index (χ3v) is 3.25. The van der Waals surface area contributed by atoms with E-state index in [2.05, 4.69) is 10.3 Å². The topological polar surface area (TPSA) is 71.2 Å². The van der Waals surface area contributed by atoms with Gasteiger partial charge in [0, 0.05) is 12.7 Å². The highest BCUT2D eigenvalue weighted by Crippen LogP contribution is 2.11. The summed E-state index contributed by atoms with van der Waals surface area (Å²) in [5.74, 6) is 0.456. The number of H-pyrrole nitrogens is 1. The van der Waals surface area contributed by atoms with Crippen LogP contribution in [0.4, 0.5) is 0 Å². The highest BCUT2D eigenvalue weighted by Gasteiger charge is 2.12. The van der Waals surface area contributed by atoms with Crippen LogP contribution in [0, 0.1) is 6.92 Å². The fraction of sp³-hybridized carbons (Fsp3) is 0.250. The second-order valence-corrected chi connectivity index (χ2v) is 4.72. The molecule has 0 radical (unpaired) electrons. The van der Waals surface area contributed by atoms with E-state index in [0.717, 1.165) is 11.3 Å². The maximum Gasteiger partial charge on any atom is 0.261 e. The number of nitrogens with one attached hydrogen (secondary N) is 2. The summed E-state index contributed by atoms with van der Waals surface area (Å²) in [5.41, 5.74) is 1.57. The van der Waals surface area contributed by atoms with E-state index in [9.17, 15) is 9.59 Å². The number of ether oxygens (including phenoxy) is 1. The quantitative estimate of drug-likeness (QED) is 0.878. The van der Waals surface area contributed by atoms with Gasteiger partial charge in [0.1, 0.15) is 11.3 Å². The first-order valence-electron chi connectivity index (χ1n) is 6.71. The fourth-order valence-electron chi connectivity index (χ4n) is 2.06. The van der Waals surface area contributed by atoms with Gasteiger partial charge in [-0.25, -0.2) is 0 Å². The van der Waals surface area contributed by atoms with Gasteiger partial charge in [-0.1, -0.05) is 12.1 Å². The van der Waals surface area contributed by atoms with Crippen molar-refractivity contribution in [2.24, 2.45) is 0 Å². The van der Waals surface area contributed by atoms with Crippen LogP contribution >= 0.6 is 0 Å². The van der Waals surface area contributed by atoms with Gasteiger partial charge in [-0.05, 0) is 42.7 Å². The Morgan fingerprint density at radius 2 is 1.95 bits per heavy atom. The van der Waals surface area contributed by atoms with Crippen molar-refractivity contribution < 1.29 is 9.53 Å². The fourth-order valence-corrected chi connectivity index (χ4v) is 2.06. The van der Waals surface area contributed by atoms with E-state index in [-0.39, 0.29) is 17.0 Å². The van der Waals surface area contributed by atoms with Gasteiger partial charge in [-0.2, -0.15) is 0 Å². The molecule has 0 spiro atoms. The Balaban J connectivity index is 1.93. The minimum Gasteiger partial charge on any atom is -0.497 e. The Morgan fingerprint density at radius 3 is 2.57 bits per heavy atom. The number of aromatic nitrogens is 1. The minimum absolute atomic E-state index is 0.173. The van der Waals surface area contributed by atoms with Crippen molar-refractivity contribution in [3.05, 3.63) is 63.6 Å². The van der Waals surface area contributed by atoms with Crippen molar-refractivity contribution in [2.75, 3.05) is 13.7 Å². The van der Waals surface area contributed by atoms with Gasteiger partial charge >= 0.3 is 0 Å². The molecule has 0 fully saturated rings. The summed E-state index contributed by atoms with van der Waals surface area (Å²) in [6.45, 7) is 2.21. The van der Waals surface area contributed by atoms with Crippen LogP contribution in [0.3, 0.4) is 0 Å². The Kier molecular flexibility index (Phi) is 4.77. The summed E-state index contributed by atoms with van der Waals surface area (Å²) >= 11 is 0. The molecule has 5 nitrogen and oxygen atoms in total. The molecule has 0 aliphatic heterocycles. The average Bonchev–Trinajstić information content (AvgIpc) is 2.48.